The second-order valence-corrected chi connectivity index (χ2v) is 4.37. The second kappa shape index (κ2) is 9.21. The smallest absolute Gasteiger partial charge is 0.188 e. The molecule has 0 atom stereocenters. The van der Waals surface area contributed by atoms with Crippen LogP contribution in [0.5, 0.6) is 0 Å². The number of hydrogen-bond donors (Lipinski definition) is 3. The molecule has 0 fully saturated rings. The van der Waals surface area contributed by atoms with E-state index in [9.17, 15) is 0 Å². The van der Waals surface area contributed by atoms with Crippen LogP contribution in [0.4, 0.5) is 0 Å². The zero-order valence-corrected chi connectivity index (χ0v) is 12.6. The summed E-state index contributed by atoms with van der Waals surface area (Å²) in [6, 6.07) is 0. The Hall–Kier alpha value is -0.0400. The highest BCUT2D eigenvalue weighted by atomic mass is 127. The standard InChI is InChI=1S/C10H24N4.HI/c1-5-6-12-9(11)13-7-8-14-10(2,3)4;/h14H,5-8H2,1-4H3,(H3,11,12,13);1H. The van der Waals surface area contributed by atoms with Crippen molar-refractivity contribution < 1.29 is 0 Å². The van der Waals surface area contributed by atoms with E-state index in [1.165, 1.54) is 0 Å². The SMILES string of the molecule is CCCN=C(N)NCCNC(C)(C)C.I. The van der Waals surface area contributed by atoms with Crippen LogP contribution in [0.25, 0.3) is 0 Å². The van der Waals surface area contributed by atoms with Crippen molar-refractivity contribution in [3.63, 3.8) is 0 Å². The Labute approximate surface area is 111 Å². The number of nitrogens with one attached hydrogen (secondary N) is 2. The van der Waals surface area contributed by atoms with Crippen molar-refractivity contribution in [3.8, 4) is 0 Å². The largest absolute Gasteiger partial charge is 0.370 e. The Morgan fingerprint density at radius 1 is 1.27 bits per heavy atom. The summed E-state index contributed by atoms with van der Waals surface area (Å²) in [6.45, 7) is 11.0. The van der Waals surface area contributed by atoms with Crippen molar-refractivity contribution in [1.82, 2.24) is 10.6 Å². The fourth-order valence-corrected chi connectivity index (χ4v) is 0.916. The Kier molecular flexibility index (Phi) is 10.7. The van der Waals surface area contributed by atoms with Gasteiger partial charge < -0.3 is 16.4 Å². The highest BCUT2D eigenvalue weighted by Crippen LogP contribution is 1.96. The van der Waals surface area contributed by atoms with E-state index in [1.54, 1.807) is 0 Å². The molecule has 0 bridgehead atoms. The summed E-state index contributed by atoms with van der Waals surface area (Å²) in [5.41, 5.74) is 5.78. The maximum atomic E-state index is 5.62. The van der Waals surface area contributed by atoms with E-state index >= 15 is 0 Å². The third kappa shape index (κ3) is 14.0. The number of nitrogens with zero attached hydrogens (tertiary/aromatic N) is 1. The molecule has 0 rings (SSSR count). The number of halogens is 1. The molecule has 0 aromatic rings. The predicted octanol–water partition coefficient (Wildman–Crippen LogP) is 1.31. The van der Waals surface area contributed by atoms with Gasteiger partial charge in [-0.1, -0.05) is 6.92 Å². The van der Waals surface area contributed by atoms with Gasteiger partial charge in [-0.3, -0.25) is 4.99 Å². The Bertz CT molecular complexity index is 175. The van der Waals surface area contributed by atoms with Crippen molar-refractivity contribution in [2.45, 2.75) is 39.7 Å². The Morgan fingerprint density at radius 2 is 1.87 bits per heavy atom. The number of aliphatic imine (C=N–C) groups is 1. The van der Waals surface area contributed by atoms with Crippen LogP contribution in [0, 0.1) is 0 Å². The lowest BCUT2D eigenvalue weighted by molar-refractivity contribution is 0.428. The lowest BCUT2D eigenvalue weighted by Gasteiger charge is -2.20. The Balaban J connectivity index is 0. The first kappa shape index (κ1) is 17.4. The van der Waals surface area contributed by atoms with Gasteiger partial charge in [-0.2, -0.15) is 0 Å². The molecule has 0 heterocycles. The molecular weight excluding hydrogens is 303 g/mol. The van der Waals surface area contributed by atoms with Crippen molar-refractivity contribution >= 4 is 29.9 Å². The van der Waals surface area contributed by atoms with E-state index in [-0.39, 0.29) is 29.5 Å². The number of guanidine groups is 1. The average molecular weight is 328 g/mol. The summed E-state index contributed by atoms with van der Waals surface area (Å²) in [4.78, 5) is 4.13. The molecule has 0 radical (unpaired) electrons. The summed E-state index contributed by atoms with van der Waals surface area (Å²) in [5.74, 6) is 0.544. The highest BCUT2D eigenvalue weighted by Gasteiger charge is 2.06. The maximum Gasteiger partial charge on any atom is 0.188 e. The fraction of sp³-hybridized carbons (Fsp3) is 0.900. The number of hydrogen-bond acceptors (Lipinski definition) is 2. The molecule has 0 unspecified atom stereocenters. The molecule has 0 aromatic carbocycles. The molecule has 0 aliphatic rings. The van der Waals surface area contributed by atoms with Crippen LogP contribution in [0.3, 0.4) is 0 Å². The van der Waals surface area contributed by atoms with Crippen molar-refractivity contribution in [2.75, 3.05) is 19.6 Å². The van der Waals surface area contributed by atoms with Crippen molar-refractivity contribution in [1.29, 1.82) is 0 Å². The van der Waals surface area contributed by atoms with Gasteiger partial charge in [-0.15, -0.1) is 24.0 Å². The molecule has 4 N–H and O–H groups in total. The summed E-state index contributed by atoms with van der Waals surface area (Å²) in [6.07, 6.45) is 1.03. The van der Waals surface area contributed by atoms with Crippen LogP contribution in [-0.4, -0.2) is 31.1 Å². The van der Waals surface area contributed by atoms with Crippen LogP contribution in [-0.2, 0) is 0 Å². The zero-order chi connectivity index (χ0) is 11.0. The Morgan fingerprint density at radius 3 is 2.33 bits per heavy atom. The van der Waals surface area contributed by atoms with Gasteiger partial charge in [0.1, 0.15) is 0 Å². The molecular formula is C10H25IN4. The third-order valence-corrected chi connectivity index (χ3v) is 1.59. The lowest BCUT2D eigenvalue weighted by atomic mass is 10.1. The first-order chi connectivity index (χ1) is 6.45. The first-order valence-electron chi connectivity index (χ1n) is 5.24. The van der Waals surface area contributed by atoms with E-state index in [4.69, 9.17) is 5.73 Å². The molecule has 0 aliphatic heterocycles. The first-order valence-corrected chi connectivity index (χ1v) is 5.24. The van der Waals surface area contributed by atoms with Crippen LogP contribution in [0.2, 0.25) is 0 Å². The molecule has 15 heavy (non-hydrogen) atoms. The maximum absolute atomic E-state index is 5.62. The highest BCUT2D eigenvalue weighted by molar-refractivity contribution is 14.0. The quantitative estimate of drug-likeness (QED) is 0.309. The van der Waals surface area contributed by atoms with E-state index in [2.05, 4.69) is 43.3 Å². The molecule has 0 saturated carbocycles. The molecule has 92 valence electrons. The second-order valence-electron chi connectivity index (χ2n) is 4.37. The number of nitrogens with two attached hydrogens (primary N) is 1. The number of rotatable bonds is 5. The predicted molar refractivity (Wildman–Crippen MR) is 78.0 cm³/mol. The summed E-state index contributed by atoms with van der Waals surface area (Å²) in [5, 5.41) is 6.42. The van der Waals surface area contributed by atoms with Crippen LogP contribution in [0.15, 0.2) is 4.99 Å². The van der Waals surface area contributed by atoms with E-state index in [0.717, 1.165) is 26.1 Å². The van der Waals surface area contributed by atoms with Crippen LogP contribution in [0.1, 0.15) is 34.1 Å². The van der Waals surface area contributed by atoms with Gasteiger partial charge in [-0.05, 0) is 27.2 Å². The average Bonchev–Trinajstić information content (AvgIpc) is 2.07. The summed E-state index contributed by atoms with van der Waals surface area (Å²) in [7, 11) is 0. The van der Waals surface area contributed by atoms with Crippen LogP contribution < -0.4 is 16.4 Å². The summed E-state index contributed by atoms with van der Waals surface area (Å²) >= 11 is 0. The minimum absolute atomic E-state index is 0. The summed E-state index contributed by atoms with van der Waals surface area (Å²) < 4.78 is 0. The van der Waals surface area contributed by atoms with Gasteiger partial charge in [0.25, 0.3) is 0 Å². The molecule has 0 aromatic heterocycles. The van der Waals surface area contributed by atoms with Gasteiger partial charge in [0.15, 0.2) is 5.96 Å². The topological polar surface area (TPSA) is 62.4 Å². The van der Waals surface area contributed by atoms with E-state index < -0.39 is 0 Å². The minimum Gasteiger partial charge on any atom is -0.370 e. The zero-order valence-electron chi connectivity index (χ0n) is 10.3. The van der Waals surface area contributed by atoms with E-state index in [1.807, 2.05) is 0 Å². The fourth-order valence-electron chi connectivity index (χ4n) is 0.916. The van der Waals surface area contributed by atoms with Gasteiger partial charge in [-0.25, -0.2) is 0 Å². The lowest BCUT2D eigenvalue weighted by Crippen LogP contribution is -2.43. The van der Waals surface area contributed by atoms with Gasteiger partial charge in [0.05, 0.1) is 0 Å². The van der Waals surface area contributed by atoms with Gasteiger partial charge in [0, 0.05) is 25.2 Å². The van der Waals surface area contributed by atoms with Crippen molar-refractivity contribution in [3.05, 3.63) is 0 Å². The van der Waals surface area contributed by atoms with Gasteiger partial charge >= 0.3 is 0 Å². The third-order valence-electron chi connectivity index (χ3n) is 1.59. The molecule has 0 amide bonds. The van der Waals surface area contributed by atoms with E-state index in [0.29, 0.717) is 5.96 Å². The monoisotopic (exact) mass is 328 g/mol. The minimum atomic E-state index is 0. The molecule has 0 saturated heterocycles. The van der Waals surface area contributed by atoms with Crippen molar-refractivity contribution in [2.24, 2.45) is 10.7 Å². The molecule has 4 nitrogen and oxygen atoms in total. The molecule has 0 aliphatic carbocycles. The van der Waals surface area contributed by atoms with Crippen LogP contribution >= 0.6 is 24.0 Å². The molecule has 5 heteroatoms. The molecule has 0 spiro atoms. The van der Waals surface area contributed by atoms with Gasteiger partial charge in [0.2, 0.25) is 0 Å². The normalized spacial score (nSPS) is 12.1.